The van der Waals surface area contributed by atoms with Crippen LogP contribution in [0.1, 0.15) is 79.4 Å². The minimum Gasteiger partial charge on any atom is -0.393 e. The number of thiophene rings is 1. The molecule has 0 bridgehead atoms. The minimum atomic E-state index is -0.556. The Hall–Kier alpha value is -4.80. The number of halogens is 1. The van der Waals surface area contributed by atoms with Crippen molar-refractivity contribution in [3.8, 4) is 5.00 Å². The average Bonchev–Trinajstić information content (AvgIpc) is 3.90. The van der Waals surface area contributed by atoms with Crippen LogP contribution in [0.3, 0.4) is 0 Å². The van der Waals surface area contributed by atoms with Crippen LogP contribution >= 0.6 is 46.9 Å². The van der Waals surface area contributed by atoms with E-state index in [0.29, 0.717) is 46.4 Å². The molecule has 0 unspecified atom stereocenters. The molecule has 0 fully saturated rings. The summed E-state index contributed by atoms with van der Waals surface area (Å²) in [4.78, 5) is 47.2. The van der Waals surface area contributed by atoms with Crippen molar-refractivity contribution in [2.24, 2.45) is 10.1 Å². The molecule has 0 spiro atoms. The van der Waals surface area contributed by atoms with Gasteiger partial charge in [-0.2, -0.15) is 0 Å². The maximum absolute atomic E-state index is 13.2. The standard InChI is InChI=1S/C40H39ClN8O4S3/c1-23-24(2)56-40-36(23)38(27-7-9-30(41)10-8-27)46-31(39-48-47-25(3)49(39)40)20-34(51)42-11-13-52-14-15-53-45-21-26-17-28-19-29(22-44-37(28)33(54)18-26)32(50)5-4-6-35-43-12-16-55-35/h7-10,12,16-19,21-22,31,54H,4-6,11,13-15,20H2,1-3H3,(H,42,51)/b45-21+/t31-/m0/s1. The fourth-order valence-corrected chi connectivity index (χ4v) is 8.73. The van der Waals surface area contributed by atoms with E-state index < -0.39 is 6.04 Å². The molecular weight excluding hydrogens is 788 g/mol. The molecule has 1 atom stereocenters. The van der Waals surface area contributed by atoms with Crippen LogP contribution in [-0.4, -0.2) is 74.7 Å². The van der Waals surface area contributed by atoms with E-state index in [9.17, 15) is 9.59 Å². The van der Waals surface area contributed by atoms with Gasteiger partial charge in [-0.1, -0.05) is 28.9 Å². The largest absolute Gasteiger partial charge is 0.393 e. The van der Waals surface area contributed by atoms with Gasteiger partial charge in [0.2, 0.25) is 5.91 Å². The first kappa shape index (κ1) is 39.4. The van der Waals surface area contributed by atoms with Gasteiger partial charge in [-0.3, -0.25) is 24.1 Å². The van der Waals surface area contributed by atoms with Crippen molar-refractivity contribution in [2.75, 3.05) is 26.4 Å². The van der Waals surface area contributed by atoms with Crippen LogP contribution in [0.15, 0.2) is 75.3 Å². The Morgan fingerprint density at radius 2 is 1.91 bits per heavy atom. The number of thiazole rings is 1. The molecule has 56 heavy (non-hydrogen) atoms. The van der Waals surface area contributed by atoms with Gasteiger partial charge >= 0.3 is 0 Å². The summed E-state index contributed by atoms with van der Waals surface area (Å²) in [6, 6.07) is 12.6. The molecule has 1 amide bonds. The lowest BCUT2D eigenvalue weighted by atomic mass is 9.99. The second kappa shape index (κ2) is 18.0. The van der Waals surface area contributed by atoms with Gasteiger partial charge in [0.1, 0.15) is 23.5 Å². The van der Waals surface area contributed by atoms with Crippen LogP contribution < -0.4 is 5.32 Å². The number of aryl methyl sites for hydroxylation is 3. The summed E-state index contributed by atoms with van der Waals surface area (Å²) in [5.41, 5.74) is 5.88. The van der Waals surface area contributed by atoms with E-state index in [1.807, 2.05) is 59.3 Å². The molecule has 4 aromatic heterocycles. The second-order valence-electron chi connectivity index (χ2n) is 13.2. The average molecular weight is 827 g/mol. The Balaban J connectivity index is 0.885. The minimum absolute atomic E-state index is 0.0410. The van der Waals surface area contributed by atoms with E-state index in [4.69, 9.17) is 26.2 Å². The maximum Gasteiger partial charge on any atom is 0.222 e. The number of ether oxygens (including phenoxy) is 1. The van der Waals surface area contributed by atoms with Crippen molar-refractivity contribution in [1.29, 1.82) is 0 Å². The van der Waals surface area contributed by atoms with E-state index in [-0.39, 0.29) is 31.3 Å². The SMILES string of the molecule is Cc1sc2c(c1C)C(c1ccc(Cl)cc1)=N[C@@H](CC(=O)NCCOCCO/N=C/c1cc(S)c3ncc(C(=O)CCCc4nccs4)cc3c1)c1nnc(C)n1-2. The van der Waals surface area contributed by atoms with Gasteiger partial charge in [0, 0.05) is 67.6 Å². The molecule has 1 aliphatic rings. The number of ketones is 1. The summed E-state index contributed by atoms with van der Waals surface area (Å²) in [7, 11) is 0. The number of hydrogen-bond acceptors (Lipinski definition) is 13. The Morgan fingerprint density at radius 1 is 1.07 bits per heavy atom. The number of fused-ring (bicyclic) bond motifs is 4. The zero-order chi connectivity index (χ0) is 39.2. The second-order valence-corrected chi connectivity index (χ2v) is 16.3. The van der Waals surface area contributed by atoms with E-state index >= 15 is 0 Å². The van der Waals surface area contributed by atoms with Gasteiger partial charge in [-0.25, -0.2) is 4.98 Å². The number of amides is 1. The summed E-state index contributed by atoms with van der Waals surface area (Å²) in [5.74, 6) is 1.22. The first-order chi connectivity index (χ1) is 27.2. The number of thiol groups is 1. The zero-order valence-electron chi connectivity index (χ0n) is 31.0. The Bertz CT molecular complexity index is 2430. The molecule has 0 aliphatic carbocycles. The quantitative estimate of drug-likeness (QED) is 0.0330. The number of benzene rings is 2. The first-order valence-electron chi connectivity index (χ1n) is 18.1. The third-order valence-electron chi connectivity index (χ3n) is 9.28. The zero-order valence-corrected chi connectivity index (χ0v) is 34.3. The number of pyridine rings is 1. The molecule has 16 heteroatoms. The molecule has 7 rings (SSSR count). The molecule has 1 N–H and O–H groups in total. The van der Waals surface area contributed by atoms with Crippen LogP contribution in [0.4, 0.5) is 0 Å². The molecular formula is C40H39ClN8O4S3. The van der Waals surface area contributed by atoms with Crippen LogP contribution in [-0.2, 0) is 20.8 Å². The van der Waals surface area contributed by atoms with Crippen molar-refractivity contribution >= 4 is 81.4 Å². The smallest absolute Gasteiger partial charge is 0.222 e. The number of carbonyl (C=O) groups is 2. The summed E-state index contributed by atoms with van der Waals surface area (Å²) in [5, 5.41) is 21.2. The van der Waals surface area contributed by atoms with Crippen LogP contribution in [0.25, 0.3) is 15.9 Å². The van der Waals surface area contributed by atoms with Crippen molar-refractivity contribution in [3.63, 3.8) is 0 Å². The summed E-state index contributed by atoms with van der Waals surface area (Å²) in [6.45, 7) is 7.20. The Kier molecular flexibility index (Phi) is 12.7. The van der Waals surface area contributed by atoms with Gasteiger partial charge in [-0.05, 0) is 75.1 Å². The summed E-state index contributed by atoms with van der Waals surface area (Å²) >= 11 is 14.1. The fourth-order valence-electron chi connectivity index (χ4n) is 6.39. The molecule has 5 heterocycles. The molecule has 0 radical (unpaired) electrons. The summed E-state index contributed by atoms with van der Waals surface area (Å²) < 4.78 is 7.70. The number of aliphatic imine (C=N–C) groups is 1. The number of Topliss-reactive ketones (excluding diaryl/α,β-unsaturated/α-hetero) is 1. The third-order valence-corrected chi connectivity index (χ3v) is 11.9. The molecule has 1 aliphatic heterocycles. The van der Waals surface area contributed by atoms with E-state index in [1.54, 1.807) is 41.3 Å². The highest BCUT2D eigenvalue weighted by molar-refractivity contribution is 7.80. The van der Waals surface area contributed by atoms with Gasteiger partial charge in [0.25, 0.3) is 0 Å². The Morgan fingerprint density at radius 3 is 2.71 bits per heavy atom. The lowest BCUT2D eigenvalue weighted by Crippen LogP contribution is -2.29. The number of rotatable bonds is 16. The highest BCUT2D eigenvalue weighted by Crippen LogP contribution is 2.39. The van der Waals surface area contributed by atoms with Crippen molar-refractivity contribution in [1.82, 2.24) is 30.0 Å². The van der Waals surface area contributed by atoms with Crippen molar-refractivity contribution in [3.05, 3.63) is 115 Å². The highest BCUT2D eigenvalue weighted by Gasteiger charge is 2.32. The number of oxime groups is 1. The lowest BCUT2D eigenvalue weighted by Gasteiger charge is -2.13. The molecule has 0 saturated heterocycles. The van der Waals surface area contributed by atoms with E-state index in [0.717, 1.165) is 62.0 Å². The molecule has 6 aromatic rings. The topological polar surface area (TPSA) is 146 Å². The number of carbonyl (C=O) groups excluding carboxylic acids is 2. The van der Waals surface area contributed by atoms with Gasteiger partial charge in [-0.15, -0.1) is 45.5 Å². The first-order valence-corrected chi connectivity index (χ1v) is 20.6. The maximum atomic E-state index is 13.2. The number of hydrogen-bond donors (Lipinski definition) is 2. The van der Waals surface area contributed by atoms with Gasteiger partial charge in [0.05, 0.1) is 42.1 Å². The van der Waals surface area contributed by atoms with Crippen molar-refractivity contribution in [2.45, 2.75) is 57.4 Å². The molecule has 288 valence electrons. The summed E-state index contributed by atoms with van der Waals surface area (Å²) in [6.07, 6.45) is 6.99. The molecule has 12 nitrogen and oxygen atoms in total. The third kappa shape index (κ3) is 9.08. The highest BCUT2D eigenvalue weighted by atomic mass is 35.5. The van der Waals surface area contributed by atoms with Crippen LogP contribution in [0.2, 0.25) is 5.02 Å². The fraction of sp³-hybridized carbons (Fsp3) is 0.300. The molecule has 0 saturated carbocycles. The Labute approximate surface area is 342 Å². The number of aromatic nitrogens is 5. The number of nitrogens with zero attached hydrogens (tertiary/aromatic N) is 7. The van der Waals surface area contributed by atoms with Gasteiger partial charge in [0.15, 0.2) is 11.6 Å². The van der Waals surface area contributed by atoms with E-state index in [2.05, 4.69) is 57.1 Å². The van der Waals surface area contributed by atoms with Crippen molar-refractivity contribution < 1.29 is 19.2 Å². The lowest BCUT2D eigenvalue weighted by molar-refractivity contribution is -0.121. The predicted octanol–water partition coefficient (Wildman–Crippen LogP) is 7.87. The molecule has 2 aromatic carbocycles. The van der Waals surface area contributed by atoms with Crippen LogP contribution in [0, 0.1) is 20.8 Å². The normalized spacial score (nSPS) is 13.7. The van der Waals surface area contributed by atoms with Crippen LogP contribution in [0.5, 0.6) is 0 Å². The van der Waals surface area contributed by atoms with E-state index in [1.165, 1.54) is 4.88 Å². The van der Waals surface area contributed by atoms with Gasteiger partial charge < -0.3 is 14.9 Å². The predicted molar refractivity (Wildman–Crippen MR) is 224 cm³/mol. The number of nitrogens with one attached hydrogen (secondary N) is 1. The monoisotopic (exact) mass is 826 g/mol.